The van der Waals surface area contributed by atoms with Crippen LogP contribution in [0.3, 0.4) is 0 Å². The standard InChI is InChI=1S/C13H13N3O2/c1-18-9-2-3-12-10(5-9)11(13(17)16-12)4-8-6-14-7-15-8/h2-3,5-7,11H,4H2,1H3,(H,14,15)(H,16,17). The first-order chi connectivity index (χ1) is 8.78. The van der Waals surface area contributed by atoms with Crippen molar-refractivity contribution in [2.45, 2.75) is 12.3 Å². The Bertz CT molecular complexity index is 578. The summed E-state index contributed by atoms with van der Waals surface area (Å²) in [5, 5.41) is 2.88. The van der Waals surface area contributed by atoms with Gasteiger partial charge in [-0.15, -0.1) is 0 Å². The van der Waals surface area contributed by atoms with E-state index < -0.39 is 0 Å². The molecule has 0 saturated carbocycles. The molecular formula is C13H13N3O2. The Labute approximate surface area is 104 Å². The summed E-state index contributed by atoms with van der Waals surface area (Å²) in [5.41, 5.74) is 2.80. The summed E-state index contributed by atoms with van der Waals surface area (Å²) in [5.74, 6) is 0.600. The van der Waals surface area contributed by atoms with Gasteiger partial charge in [0.25, 0.3) is 0 Å². The average Bonchev–Trinajstić information content (AvgIpc) is 2.99. The van der Waals surface area contributed by atoms with Gasteiger partial charge in [-0.1, -0.05) is 0 Å². The zero-order chi connectivity index (χ0) is 12.5. The fraction of sp³-hybridized carbons (Fsp3) is 0.231. The van der Waals surface area contributed by atoms with Gasteiger partial charge in [0.2, 0.25) is 5.91 Å². The van der Waals surface area contributed by atoms with Gasteiger partial charge >= 0.3 is 0 Å². The van der Waals surface area contributed by atoms with Gasteiger partial charge in [-0.05, 0) is 23.8 Å². The summed E-state index contributed by atoms with van der Waals surface area (Å²) in [6, 6.07) is 5.63. The molecule has 2 heterocycles. The minimum atomic E-state index is -0.185. The maximum atomic E-state index is 12.0. The van der Waals surface area contributed by atoms with Crippen molar-refractivity contribution in [3.05, 3.63) is 42.0 Å². The first-order valence-electron chi connectivity index (χ1n) is 5.74. The highest BCUT2D eigenvalue weighted by Crippen LogP contribution is 2.36. The number of carbonyl (C=O) groups is 1. The Balaban J connectivity index is 1.94. The average molecular weight is 243 g/mol. The molecule has 1 atom stereocenters. The van der Waals surface area contributed by atoms with Crippen molar-refractivity contribution in [2.75, 3.05) is 12.4 Å². The second-order valence-electron chi connectivity index (χ2n) is 4.28. The highest BCUT2D eigenvalue weighted by molar-refractivity contribution is 6.03. The number of ether oxygens (including phenoxy) is 1. The lowest BCUT2D eigenvalue weighted by Gasteiger charge is -2.08. The predicted octanol–water partition coefficient (Wildman–Crippen LogP) is 1.70. The number of rotatable bonds is 3. The topological polar surface area (TPSA) is 67.0 Å². The van der Waals surface area contributed by atoms with Crippen LogP contribution in [0.25, 0.3) is 0 Å². The Hall–Kier alpha value is -2.30. The first kappa shape index (κ1) is 10.8. The molecule has 1 aliphatic rings. The summed E-state index contributed by atoms with van der Waals surface area (Å²) >= 11 is 0. The molecule has 0 bridgehead atoms. The van der Waals surface area contributed by atoms with E-state index in [1.807, 2.05) is 18.2 Å². The molecule has 18 heavy (non-hydrogen) atoms. The Kier molecular flexibility index (Phi) is 2.51. The smallest absolute Gasteiger partial charge is 0.232 e. The lowest BCUT2D eigenvalue weighted by Crippen LogP contribution is -2.14. The van der Waals surface area contributed by atoms with E-state index in [1.165, 1.54) is 0 Å². The van der Waals surface area contributed by atoms with Crippen LogP contribution >= 0.6 is 0 Å². The molecule has 0 radical (unpaired) electrons. The molecule has 0 aliphatic carbocycles. The highest BCUT2D eigenvalue weighted by Gasteiger charge is 2.31. The van der Waals surface area contributed by atoms with Crippen molar-refractivity contribution >= 4 is 11.6 Å². The van der Waals surface area contributed by atoms with Gasteiger partial charge in [-0.25, -0.2) is 4.98 Å². The number of H-pyrrole nitrogens is 1. The van der Waals surface area contributed by atoms with Crippen LogP contribution in [0.5, 0.6) is 5.75 Å². The van der Waals surface area contributed by atoms with Gasteiger partial charge in [0.1, 0.15) is 5.75 Å². The number of carbonyl (C=O) groups excluding carboxylic acids is 1. The second-order valence-corrected chi connectivity index (χ2v) is 4.28. The quantitative estimate of drug-likeness (QED) is 0.862. The summed E-state index contributed by atoms with van der Waals surface area (Å²) in [4.78, 5) is 19.0. The van der Waals surface area contributed by atoms with Crippen molar-refractivity contribution in [1.29, 1.82) is 0 Å². The molecule has 2 N–H and O–H groups in total. The highest BCUT2D eigenvalue weighted by atomic mass is 16.5. The third kappa shape index (κ3) is 1.73. The van der Waals surface area contributed by atoms with E-state index in [0.29, 0.717) is 6.42 Å². The summed E-state index contributed by atoms with van der Waals surface area (Å²) in [7, 11) is 1.62. The van der Waals surface area contributed by atoms with E-state index in [-0.39, 0.29) is 11.8 Å². The number of hydrogen-bond acceptors (Lipinski definition) is 3. The number of amides is 1. The van der Waals surface area contributed by atoms with E-state index in [4.69, 9.17) is 4.74 Å². The van der Waals surface area contributed by atoms with Crippen LogP contribution in [0.15, 0.2) is 30.7 Å². The minimum absolute atomic E-state index is 0.0212. The normalized spacial score (nSPS) is 17.4. The number of aromatic nitrogens is 2. The third-order valence-corrected chi connectivity index (χ3v) is 3.19. The van der Waals surface area contributed by atoms with Crippen LogP contribution in [-0.2, 0) is 11.2 Å². The molecule has 1 aliphatic heterocycles. The van der Waals surface area contributed by atoms with Gasteiger partial charge < -0.3 is 15.0 Å². The molecule has 2 aromatic rings. The van der Waals surface area contributed by atoms with E-state index in [9.17, 15) is 4.79 Å². The van der Waals surface area contributed by atoms with Crippen molar-refractivity contribution in [1.82, 2.24) is 9.97 Å². The van der Waals surface area contributed by atoms with Gasteiger partial charge in [0.05, 0.1) is 19.4 Å². The molecule has 0 saturated heterocycles. The lowest BCUT2D eigenvalue weighted by atomic mass is 9.96. The van der Waals surface area contributed by atoms with Crippen LogP contribution in [0.1, 0.15) is 17.2 Å². The summed E-state index contributed by atoms with van der Waals surface area (Å²) < 4.78 is 5.20. The lowest BCUT2D eigenvalue weighted by molar-refractivity contribution is -0.117. The Morgan fingerprint density at radius 1 is 1.44 bits per heavy atom. The van der Waals surface area contributed by atoms with E-state index >= 15 is 0 Å². The van der Waals surface area contributed by atoms with Crippen molar-refractivity contribution < 1.29 is 9.53 Å². The number of benzene rings is 1. The second kappa shape index (κ2) is 4.18. The number of imidazole rings is 1. The molecule has 1 aromatic carbocycles. The van der Waals surface area contributed by atoms with Crippen LogP contribution in [-0.4, -0.2) is 23.0 Å². The molecule has 0 spiro atoms. The van der Waals surface area contributed by atoms with Crippen LogP contribution < -0.4 is 10.1 Å². The zero-order valence-corrected chi connectivity index (χ0v) is 9.93. The Morgan fingerprint density at radius 2 is 2.33 bits per heavy atom. The molecule has 1 amide bonds. The van der Waals surface area contributed by atoms with Crippen molar-refractivity contribution in [2.24, 2.45) is 0 Å². The van der Waals surface area contributed by atoms with Gasteiger partial charge in [0, 0.05) is 24.0 Å². The summed E-state index contributed by atoms with van der Waals surface area (Å²) in [6.07, 6.45) is 3.98. The number of anilines is 1. The number of nitrogens with zero attached hydrogens (tertiary/aromatic N) is 1. The van der Waals surface area contributed by atoms with Crippen molar-refractivity contribution in [3.63, 3.8) is 0 Å². The third-order valence-electron chi connectivity index (χ3n) is 3.19. The number of methoxy groups -OCH3 is 1. The van der Waals surface area contributed by atoms with E-state index in [2.05, 4.69) is 15.3 Å². The maximum Gasteiger partial charge on any atom is 0.232 e. The molecule has 3 rings (SSSR count). The van der Waals surface area contributed by atoms with Gasteiger partial charge in [-0.3, -0.25) is 4.79 Å². The number of hydrogen-bond donors (Lipinski definition) is 2. The summed E-state index contributed by atoms with van der Waals surface area (Å²) in [6.45, 7) is 0. The molecule has 5 heteroatoms. The monoisotopic (exact) mass is 243 g/mol. The predicted molar refractivity (Wildman–Crippen MR) is 66.7 cm³/mol. The molecular weight excluding hydrogens is 230 g/mol. The molecule has 1 aromatic heterocycles. The van der Waals surface area contributed by atoms with E-state index in [0.717, 1.165) is 22.7 Å². The first-order valence-corrected chi connectivity index (χ1v) is 5.74. The maximum absolute atomic E-state index is 12.0. The molecule has 1 unspecified atom stereocenters. The molecule has 5 nitrogen and oxygen atoms in total. The van der Waals surface area contributed by atoms with Crippen LogP contribution in [0.2, 0.25) is 0 Å². The van der Waals surface area contributed by atoms with Crippen molar-refractivity contribution in [3.8, 4) is 5.75 Å². The van der Waals surface area contributed by atoms with Gasteiger partial charge in [0.15, 0.2) is 0 Å². The van der Waals surface area contributed by atoms with Crippen LogP contribution in [0.4, 0.5) is 5.69 Å². The van der Waals surface area contributed by atoms with Gasteiger partial charge in [-0.2, -0.15) is 0 Å². The largest absolute Gasteiger partial charge is 0.497 e. The van der Waals surface area contributed by atoms with E-state index in [1.54, 1.807) is 19.6 Å². The molecule has 92 valence electrons. The fourth-order valence-corrected chi connectivity index (χ4v) is 2.25. The SMILES string of the molecule is COc1ccc2c(c1)C(Cc1cnc[nH]1)C(=O)N2. The molecule has 0 fully saturated rings. The minimum Gasteiger partial charge on any atom is -0.497 e. The Morgan fingerprint density at radius 3 is 3.06 bits per heavy atom. The number of nitrogens with one attached hydrogen (secondary N) is 2. The number of aromatic amines is 1. The number of fused-ring (bicyclic) bond motifs is 1. The zero-order valence-electron chi connectivity index (χ0n) is 9.93. The fourth-order valence-electron chi connectivity index (χ4n) is 2.25. The van der Waals surface area contributed by atoms with Crippen LogP contribution in [0, 0.1) is 0 Å².